The minimum Gasteiger partial charge on any atom is -0.383 e. The fraction of sp³-hybridized carbons (Fsp3) is 0.167. The third-order valence-corrected chi connectivity index (χ3v) is 6.31. The van der Waals surface area contributed by atoms with E-state index in [4.69, 9.17) is 27.9 Å². The molecule has 0 N–H and O–H groups in total. The van der Waals surface area contributed by atoms with E-state index in [2.05, 4.69) is 9.98 Å². The van der Waals surface area contributed by atoms with E-state index < -0.39 is 0 Å². The fourth-order valence-electron chi connectivity index (χ4n) is 2.74. The second kappa shape index (κ2) is 7.69. The molecule has 0 atom stereocenters. The first-order valence-electron chi connectivity index (χ1n) is 7.96. The number of nitrogens with zero attached hydrogens (tertiary/aromatic N) is 3. The number of rotatable bonds is 4. The smallest absolute Gasteiger partial charge is 0.279 e. The zero-order chi connectivity index (χ0) is 19.0. The van der Waals surface area contributed by atoms with Crippen LogP contribution < -0.4 is 4.80 Å². The lowest BCUT2D eigenvalue weighted by Gasteiger charge is -2.06. The summed E-state index contributed by atoms with van der Waals surface area (Å²) in [6.07, 6.45) is 0. The number of methoxy groups -OCH3 is 1. The number of halogens is 2. The zero-order valence-corrected chi connectivity index (χ0v) is 17.3. The predicted molar refractivity (Wildman–Crippen MR) is 111 cm³/mol. The van der Waals surface area contributed by atoms with Crippen molar-refractivity contribution in [2.24, 2.45) is 4.99 Å². The van der Waals surface area contributed by atoms with Crippen molar-refractivity contribution in [1.29, 1.82) is 0 Å². The monoisotopic (exact) mass is 437 g/mol. The van der Waals surface area contributed by atoms with Crippen LogP contribution in [0.4, 0.5) is 0 Å². The first kappa shape index (κ1) is 18.6. The summed E-state index contributed by atoms with van der Waals surface area (Å²) in [5, 5.41) is 1.06. The van der Waals surface area contributed by atoms with Crippen molar-refractivity contribution >= 4 is 72.2 Å². The third kappa shape index (κ3) is 3.66. The minimum atomic E-state index is -0.315. The van der Waals surface area contributed by atoms with Gasteiger partial charge in [-0.3, -0.25) is 4.79 Å². The van der Waals surface area contributed by atoms with Gasteiger partial charge in [-0.05, 0) is 30.3 Å². The van der Waals surface area contributed by atoms with E-state index in [1.54, 1.807) is 24.8 Å². The second-order valence-electron chi connectivity index (χ2n) is 5.72. The van der Waals surface area contributed by atoms with Crippen molar-refractivity contribution in [1.82, 2.24) is 9.55 Å². The van der Waals surface area contributed by atoms with E-state index in [9.17, 15) is 4.79 Å². The number of benzene rings is 2. The lowest BCUT2D eigenvalue weighted by Crippen LogP contribution is -2.19. The van der Waals surface area contributed by atoms with Crippen LogP contribution in [-0.2, 0) is 11.3 Å². The van der Waals surface area contributed by atoms with Crippen molar-refractivity contribution < 1.29 is 9.53 Å². The second-order valence-corrected chi connectivity index (χ2v) is 8.45. The van der Waals surface area contributed by atoms with E-state index in [1.165, 1.54) is 22.7 Å². The van der Waals surface area contributed by atoms with Crippen LogP contribution in [0.2, 0.25) is 10.0 Å². The van der Waals surface area contributed by atoms with Crippen LogP contribution in [0.25, 0.3) is 20.4 Å². The van der Waals surface area contributed by atoms with Gasteiger partial charge in [0.15, 0.2) is 4.80 Å². The molecule has 0 aliphatic rings. The van der Waals surface area contributed by atoms with Gasteiger partial charge < -0.3 is 9.30 Å². The molecule has 9 heteroatoms. The number of aromatic nitrogens is 2. The first-order valence-corrected chi connectivity index (χ1v) is 10.4. The molecule has 0 aliphatic carbocycles. The summed E-state index contributed by atoms with van der Waals surface area (Å²) in [7, 11) is 1.62. The van der Waals surface area contributed by atoms with Crippen molar-refractivity contribution in [2.45, 2.75) is 6.54 Å². The molecular formula is C18H13Cl2N3O2S2. The Labute approximate surface area is 172 Å². The lowest BCUT2D eigenvalue weighted by atomic mass is 10.2. The van der Waals surface area contributed by atoms with Gasteiger partial charge in [0.1, 0.15) is 0 Å². The van der Waals surface area contributed by atoms with E-state index in [0.29, 0.717) is 33.6 Å². The Balaban J connectivity index is 1.85. The Morgan fingerprint density at radius 3 is 2.93 bits per heavy atom. The highest BCUT2D eigenvalue weighted by Crippen LogP contribution is 2.29. The van der Waals surface area contributed by atoms with E-state index in [-0.39, 0.29) is 5.91 Å². The Morgan fingerprint density at radius 1 is 1.26 bits per heavy atom. The number of ether oxygens (including phenoxy) is 1. The molecule has 1 amide bonds. The van der Waals surface area contributed by atoms with Crippen LogP contribution >= 0.6 is 45.9 Å². The average molecular weight is 438 g/mol. The largest absolute Gasteiger partial charge is 0.383 e. The van der Waals surface area contributed by atoms with Crippen molar-refractivity contribution in [3.8, 4) is 0 Å². The molecule has 4 rings (SSSR count). The van der Waals surface area contributed by atoms with Gasteiger partial charge >= 0.3 is 0 Å². The summed E-state index contributed by atoms with van der Waals surface area (Å²) >= 11 is 15.4. The third-order valence-electron chi connectivity index (χ3n) is 3.99. The molecule has 0 saturated carbocycles. The number of carbonyl (C=O) groups excluding carboxylic acids is 1. The summed E-state index contributed by atoms with van der Waals surface area (Å²) < 4.78 is 8.91. The Bertz CT molecular complexity index is 1230. The van der Waals surface area contributed by atoms with Crippen LogP contribution in [0.3, 0.4) is 0 Å². The molecule has 5 nitrogen and oxygen atoms in total. The van der Waals surface area contributed by atoms with E-state index in [1.807, 2.05) is 22.8 Å². The number of thiazole rings is 2. The quantitative estimate of drug-likeness (QED) is 0.450. The highest BCUT2D eigenvalue weighted by atomic mass is 35.5. The molecule has 138 valence electrons. The minimum absolute atomic E-state index is 0.315. The maximum atomic E-state index is 12.8. The summed E-state index contributed by atoms with van der Waals surface area (Å²) in [5.41, 5.74) is 3.95. The number of carbonyl (C=O) groups is 1. The SMILES string of the molecule is COCCn1c(=NC(=O)c2ccc3ncsc3c2)sc2cc(Cl)cc(Cl)c21. The van der Waals surface area contributed by atoms with Crippen molar-refractivity contribution in [3.05, 3.63) is 56.3 Å². The molecule has 0 unspecified atom stereocenters. The Kier molecular flexibility index (Phi) is 5.29. The predicted octanol–water partition coefficient (Wildman–Crippen LogP) is 5.01. The van der Waals surface area contributed by atoms with Gasteiger partial charge in [-0.2, -0.15) is 4.99 Å². The Morgan fingerprint density at radius 2 is 2.11 bits per heavy atom. The van der Waals surface area contributed by atoms with E-state index in [0.717, 1.165) is 20.4 Å². The molecule has 27 heavy (non-hydrogen) atoms. The topological polar surface area (TPSA) is 56.5 Å². The number of hydrogen-bond acceptors (Lipinski definition) is 5. The van der Waals surface area contributed by atoms with Crippen LogP contribution in [0, 0.1) is 0 Å². The number of fused-ring (bicyclic) bond motifs is 2. The summed E-state index contributed by atoms with van der Waals surface area (Å²) in [4.78, 5) is 21.9. The molecule has 0 saturated heterocycles. The molecule has 0 radical (unpaired) electrons. The van der Waals surface area contributed by atoms with Gasteiger partial charge in [0.25, 0.3) is 5.91 Å². The standard InChI is InChI=1S/C18H13Cl2N3O2S2/c1-25-5-4-23-16-12(20)7-11(19)8-15(16)27-18(23)22-17(24)10-2-3-13-14(6-10)26-9-21-13/h2-3,6-9H,4-5H2,1H3. The maximum absolute atomic E-state index is 12.8. The first-order chi connectivity index (χ1) is 13.1. The lowest BCUT2D eigenvalue weighted by molar-refractivity contribution is 0.0997. The summed E-state index contributed by atoms with van der Waals surface area (Å²) in [6.45, 7) is 0.997. The highest BCUT2D eigenvalue weighted by Gasteiger charge is 2.13. The normalized spacial score (nSPS) is 12.3. The van der Waals surface area contributed by atoms with Gasteiger partial charge in [0.05, 0.1) is 37.6 Å². The van der Waals surface area contributed by atoms with Gasteiger partial charge in [0, 0.05) is 24.2 Å². The summed E-state index contributed by atoms with van der Waals surface area (Å²) in [5.74, 6) is -0.315. The van der Waals surface area contributed by atoms with Crippen LogP contribution in [0.5, 0.6) is 0 Å². The average Bonchev–Trinajstić information content (AvgIpc) is 3.23. The molecule has 0 fully saturated rings. The molecular weight excluding hydrogens is 425 g/mol. The van der Waals surface area contributed by atoms with Crippen LogP contribution in [0.15, 0.2) is 40.8 Å². The number of amides is 1. The molecule has 0 bridgehead atoms. The molecule has 0 spiro atoms. The molecule has 2 aromatic carbocycles. The van der Waals surface area contributed by atoms with Gasteiger partial charge in [-0.15, -0.1) is 11.3 Å². The highest BCUT2D eigenvalue weighted by molar-refractivity contribution is 7.17. The Hall–Kier alpha value is -1.77. The van der Waals surface area contributed by atoms with Gasteiger partial charge in [-0.1, -0.05) is 34.5 Å². The van der Waals surface area contributed by atoms with Crippen LogP contribution in [-0.4, -0.2) is 29.2 Å². The summed E-state index contributed by atoms with van der Waals surface area (Å²) in [6, 6.07) is 8.89. The van der Waals surface area contributed by atoms with E-state index >= 15 is 0 Å². The van der Waals surface area contributed by atoms with Crippen LogP contribution in [0.1, 0.15) is 10.4 Å². The number of hydrogen-bond donors (Lipinski definition) is 0. The molecule has 0 aliphatic heterocycles. The zero-order valence-electron chi connectivity index (χ0n) is 14.1. The molecule has 4 aromatic rings. The van der Waals surface area contributed by atoms with Gasteiger partial charge in [-0.25, -0.2) is 4.98 Å². The maximum Gasteiger partial charge on any atom is 0.279 e. The fourth-order valence-corrected chi connectivity index (χ4v) is 5.30. The molecule has 2 heterocycles. The van der Waals surface area contributed by atoms with Crippen molar-refractivity contribution in [2.75, 3.05) is 13.7 Å². The van der Waals surface area contributed by atoms with Crippen molar-refractivity contribution in [3.63, 3.8) is 0 Å². The van der Waals surface area contributed by atoms with Gasteiger partial charge in [0.2, 0.25) is 0 Å². The molecule has 2 aromatic heterocycles.